The lowest BCUT2D eigenvalue weighted by atomic mass is 10.1. The van der Waals surface area contributed by atoms with E-state index in [0.717, 1.165) is 30.5 Å². The van der Waals surface area contributed by atoms with Crippen LogP contribution in [-0.4, -0.2) is 34.6 Å². The molecule has 0 spiro atoms. The largest absolute Gasteiger partial charge is 0.334 e. The molecule has 0 atom stereocenters. The van der Waals surface area contributed by atoms with Crippen LogP contribution in [0.25, 0.3) is 11.0 Å². The van der Waals surface area contributed by atoms with Crippen LogP contribution in [0.3, 0.4) is 0 Å². The van der Waals surface area contributed by atoms with Gasteiger partial charge >= 0.3 is 0 Å². The van der Waals surface area contributed by atoms with E-state index in [1.54, 1.807) is 0 Å². The van der Waals surface area contributed by atoms with Gasteiger partial charge in [-0.2, -0.15) is 5.26 Å². The van der Waals surface area contributed by atoms with Crippen LogP contribution < -0.4 is 0 Å². The molecular weight excluding hydrogens is 224 g/mol. The van der Waals surface area contributed by atoms with E-state index in [4.69, 9.17) is 5.26 Å². The summed E-state index contributed by atoms with van der Waals surface area (Å²) in [6.07, 6.45) is 3.43. The van der Waals surface area contributed by atoms with Crippen LogP contribution >= 0.6 is 0 Å². The van der Waals surface area contributed by atoms with Gasteiger partial charge in [-0.05, 0) is 31.2 Å². The number of likely N-dealkylation sites (N-methyl/N-ethyl adjacent to an activating group) is 1. The third-order valence-electron chi connectivity index (χ3n) is 3.18. The maximum Gasteiger partial charge on any atom is 0.0955 e. The van der Waals surface area contributed by atoms with E-state index in [-0.39, 0.29) is 0 Å². The Kier molecular flexibility index (Phi) is 3.96. The molecule has 2 aromatic rings. The van der Waals surface area contributed by atoms with Crippen molar-refractivity contribution < 1.29 is 0 Å². The summed E-state index contributed by atoms with van der Waals surface area (Å²) in [6, 6.07) is 8.59. The molecule has 0 N–H and O–H groups in total. The maximum absolute atomic E-state index is 8.53. The average molecular weight is 242 g/mol. The number of hydrogen-bond acceptors (Lipinski definition) is 3. The fraction of sp³-hybridized carbons (Fsp3) is 0.429. The van der Waals surface area contributed by atoms with E-state index in [0.29, 0.717) is 6.42 Å². The first-order valence-corrected chi connectivity index (χ1v) is 6.16. The highest BCUT2D eigenvalue weighted by Gasteiger charge is 2.03. The van der Waals surface area contributed by atoms with Gasteiger partial charge in [0.2, 0.25) is 0 Å². The summed E-state index contributed by atoms with van der Waals surface area (Å²) in [5.41, 5.74) is 3.51. The zero-order valence-corrected chi connectivity index (χ0v) is 10.9. The van der Waals surface area contributed by atoms with Crippen molar-refractivity contribution in [3.63, 3.8) is 0 Å². The van der Waals surface area contributed by atoms with Crippen LogP contribution in [0, 0.1) is 11.3 Å². The first-order chi connectivity index (χ1) is 8.70. The van der Waals surface area contributed by atoms with Crippen molar-refractivity contribution in [1.29, 1.82) is 5.26 Å². The molecule has 0 saturated heterocycles. The zero-order chi connectivity index (χ0) is 13.0. The molecule has 1 aromatic carbocycles. The fourth-order valence-electron chi connectivity index (χ4n) is 2.01. The molecule has 94 valence electrons. The third kappa shape index (κ3) is 2.88. The second-order valence-corrected chi connectivity index (χ2v) is 4.64. The van der Waals surface area contributed by atoms with Crippen LogP contribution in [0.4, 0.5) is 0 Å². The zero-order valence-electron chi connectivity index (χ0n) is 10.9. The predicted molar refractivity (Wildman–Crippen MR) is 72.1 cm³/mol. The second-order valence-electron chi connectivity index (χ2n) is 4.64. The van der Waals surface area contributed by atoms with Crippen molar-refractivity contribution in [3.05, 3.63) is 30.1 Å². The first-order valence-electron chi connectivity index (χ1n) is 6.16. The van der Waals surface area contributed by atoms with Crippen LogP contribution in [-0.2, 0) is 13.5 Å². The monoisotopic (exact) mass is 242 g/mol. The third-order valence-corrected chi connectivity index (χ3v) is 3.18. The molecule has 4 nitrogen and oxygen atoms in total. The Hall–Kier alpha value is -1.86. The first kappa shape index (κ1) is 12.6. The standard InChI is InChI=1S/C14H18N4/c1-17(8-3-7-15)9-6-12-4-5-14-13(10-12)16-11-18(14)2/h4-5,10-11H,3,6,8-9H2,1-2H3. The Morgan fingerprint density at radius 1 is 1.39 bits per heavy atom. The molecule has 0 amide bonds. The molecule has 0 saturated carbocycles. The number of aryl methyl sites for hydroxylation is 1. The van der Waals surface area contributed by atoms with Gasteiger partial charge in [0.25, 0.3) is 0 Å². The number of hydrogen-bond donors (Lipinski definition) is 0. The van der Waals surface area contributed by atoms with Gasteiger partial charge < -0.3 is 9.47 Å². The van der Waals surface area contributed by atoms with Crippen molar-refractivity contribution in [2.24, 2.45) is 7.05 Å². The van der Waals surface area contributed by atoms with E-state index < -0.39 is 0 Å². The summed E-state index contributed by atoms with van der Waals surface area (Å²) in [5.74, 6) is 0. The minimum Gasteiger partial charge on any atom is -0.334 e. The molecule has 2 rings (SSSR count). The molecule has 0 aliphatic carbocycles. The number of benzene rings is 1. The molecule has 1 aromatic heterocycles. The highest BCUT2D eigenvalue weighted by molar-refractivity contribution is 5.75. The summed E-state index contributed by atoms with van der Waals surface area (Å²) in [6.45, 7) is 1.81. The van der Waals surface area contributed by atoms with Crippen molar-refractivity contribution in [2.75, 3.05) is 20.1 Å². The molecule has 4 heteroatoms. The molecule has 0 aliphatic rings. The average Bonchev–Trinajstić information content (AvgIpc) is 2.75. The quantitative estimate of drug-likeness (QED) is 0.805. The Morgan fingerprint density at radius 2 is 2.22 bits per heavy atom. The summed E-state index contributed by atoms with van der Waals surface area (Å²) < 4.78 is 2.03. The van der Waals surface area contributed by atoms with Crippen molar-refractivity contribution in [2.45, 2.75) is 12.8 Å². The van der Waals surface area contributed by atoms with Crippen molar-refractivity contribution in [1.82, 2.24) is 14.5 Å². The molecular formula is C14H18N4. The van der Waals surface area contributed by atoms with E-state index in [2.05, 4.69) is 41.2 Å². The van der Waals surface area contributed by atoms with Gasteiger partial charge in [0.1, 0.15) is 0 Å². The Bertz CT molecular complexity index is 565. The summed E-state index contributed by atoms with van der Waals surface area (Å²) in [4.78, 5) is 6.55. The topological polar surface area (TPSA) is 44.9 Å². The van der Waals surface area contributed by atoms with Crippen LogP contribution in [0.15, 0.2) is 24.5 Å². The lowest BCUT2D eigenvalue weighted by Crippen LogP contribution is -2.22. The Morgan fingerprint density at radius 3 is 3.00 bits per heavy atom. The second kappa shape index (κ2) is 5.65. The smallest absolute Gasteiger partial charge is 0.0955 e. The fourth-order valence-corrected chi connectivity index (χ4v) is 2.01. The lowest BCUT2D eigenvalue weighted by molar-refractivity contribution is 0.346. The summed E-state index contributed by atoms with van der Waals surface area (Å²) >= 11 is 0. The molecule has 1 heterocycles. The van der Waals surface area contributed by atoms with Crippen molar-refractivity contribution in [3.8, 4) is 6.07 Å². The van der Waals surface area contributed by atoms with Gasteiger partial charge in [-0.25, -0.2) is 4.98 Å². The van der Waals surface area contributed by atoms with E-state index in [1.807, 2.05) is 17.9 Å². The number of nitrogens with zero attached hydrogens (tertiary/aromatic N) is 4. The highest BCUT2D eigenvalue weighted by Crippen LogP contribution is 2.14. The van der Waals surface area contributed by atoms with E-state index in [9.17, 15) is 0 Å². The maximum atomic E-state index is 8.53. The van der Waals surface area contributed by atoms with Crippen molar-refractivity contribution >= 4 is 11.0 Å². The molecule has 0 radical (unpaired) electrons. The summed E-state index contributed by atoms with van der Waals surface area (Å²) in [5, 5.41) is 8.53. The van der Waals surface area contributed by atoms with E-state index >= 15 is 0 Å². The lowest BCUT2D eigenvalue weighted by Gasteiger charge is -2.14. The van der Waals surface area contributed by atoms with Gasteiger partial charge in [0.05, 0.1) is 23.4 Å². The number of nitriles is 1. The minimum absolute atomic E-state index is 0.593. The van der Waals surface area contributed by atoms with Gasteiger partial charge in [-0.3, -0.25) is 0 Å². The SMILES string of the molecule is CN(CCC#N)CCc1ccc2c(c1)ncn2C. The molecule has 0 fully saturated rings. The van der Waals surface area contributed by atoms with Gasteiger partial charge in [-0.15, -0.1) is 0 Å². The van der Waals surface area contributed by atoms with Crippen LogP contribution in [0.1, 0.15) is 12.0 Å². The number of aromatic nitrogens is 2. The number of rotatable bonds is 5. The summed E-state index contributed by atoms with van der Waals surface area (Å²) in [7, 11) is 4.06. The predicted octanol–water partition coefficient (Wildman–Crippen LogP) is 1.96. The normalized spacial score (nSPS) is 11.0. The van der Waals surface area contributed by atoms with E-state index in [1.165, 1.54) is 5.56 Å². The molecule has 18 heavy (non-hydrogen) atoms. The number of fused-ring (bicyclic) bond motifs is 1. The van der Waals surface area contributed by atoms with Gasteiger partial charge in [0.15, 0.2) is 0 Å². The Labute approximate surface area is 107 Å². The van der Waals surface area contributed by atoms with Gasteiger partial charge in [0, 0.05) is 26.6 Å². The molecule has 0 aliphatic heterocycles. The highest BCUT2D eigenvalue weighted by atomic mass is 15.1. The molecule has 0 bridgehead atoms. The molecule has 0 unspecified atom stereocenters. The van der Waals surface area contributed by atoms with Crippen LogP contribution in [0.5, 0.6) is 0 Å². The minimum atomic E-state index is 0.593. The number of imidazole rings is 1. The Balaban J connectivity index is 1.98. The van der Waals surface area contributed by atoms with Gasteiger partial charge in [-0.1, -0.05) is 6.07 Å². The van der Waals surface area contributed by atoms with Crippen LogP contribution in [0.2, 0.25) is 0 Å².